The van der Waals surface area contributed by atoms with Gasteiger partial charge in [-0.1, -0.05) is 48.6 Å². The molecule has 2 nitrogen and oxygen atoms in total. The highest BCUT2D eigenvalue weighted by atomic mass is 16.7. The number of rotatable bonds is 6. The molecule has 0 N–H and O–H groups in total. The van der Waals surface area contributed by atoms with Crippen molar-refractivity contribution in [2.75, 3.05) is 6.54 Å². The highest BCUT2D eigenvalue weighted by Gasteiger charge is 2.09. The average Bonchev–Trinajstić information content (AvgIpc) is 2.38. The zero-order valence-electron chi connectivity index (χ0n) is 12.4. The van der Waals surface area contributed by atoms with Crippen LogP contribution >= 0.6 is 0 Å². The summed E-state index contributed by atoms with van der Waals surface area (Å²) >= 11 is 0. The summed E-state index contributed by atoms with van der Waals surface area (Å²) in [6, 6.07) is 10.5. The Morgan fingerprint density at radius 2 is 2.00 bits per heavy atom. The molecule has 1 aliphatic heterocycles. The van der Waals surface area contributed by atoms with Gasteiger partial charge in [0.25, 0.3) is 0 Å². The zero-order chi connectivity index (χ0) is 14.4. The number of allylic oxidation sites excluding steroid dienone is 3. The van der Waals surface area contributed by atoms with E-state index in [1.54, 1.807) is 0 Å². The summed E-state index contributed by atoms with van der Waals surface area (Å²) in [5.41, 5.74) is 3.89. The highest BCUT2D eigenvalue weighted by Crippen LogP contribution is 2.17. The van der Waals surface area contributed by atoms with Crippen molar-refractivity contribution in [3.05, 3.63) is 71.7 Å². The van der Waals surface area contributed by atoms with Gasteiger partial charge in [-0.05, 0) is 37.8 Å². The van der Waals surface area contributed by atoms with Crippen molar-refractivity contribution in [3.63, 3.8) is 0 Å². The second-order valence-corrected chi connectivity index (χ2v) is 5.41. The standard InChI is InChI=1S/C18H23NO/c1-15-12-16(2)14-19(13-15)20-17(3)8-7-11-18-9-5-4-6-10-18/h4-6,9-10,12-13H,3,7-8,11,14H2,1-2H3. The Morgan fingerprint density at radius 3 is 2.70 bits per heavy atom. The maximum atomic E-state index is 5.79. The molecular formula is C18H23NO. The summed E-state index contributed by atoms with van der Waals surface area (Å²) in [4.78, 5) is 5.79. The fraction of sp³-hybridized carbons (Fsp3) is 0.333. The van der Waals surface area contributed by atoms with Gasteiger partial charge in [0.1, 0.15) is 5.76 Å². The van der Waals surface area contributed by atoms with Gasteiger partial charge in [-0.3, -0.25) is 0 Å². The number of hydrogen-bond acceptors (Lipinski definition) is 2. The molecule has 2 heteroatoms. The molecule has 0 saturated heterocycles. The van der Waals surface area contributed by atoms with Crippen LogP contribution in [-0.2, 0) is 11.3 Å². The van der Waals surface area contributed by atoms with Crippen molar-refractivity contribution in [2.45, 2.75) is 33.1 Å². The number of hydroxylamine groups is 2. The molecule has 0 bridgehead atoms. The van der Waals surface area contributed by atoms with Crippen LogP contribution in [0.5, 0.6) is 0 Å². The zero-order valence-corrected chi connectivity index (χ0v) is 12.4. The predicted octanol–water partition coefficient (Wildman–Crippen LogP) is 4.62. The molecule has 0 aromatic heterocycles. The molecule has 0 spiro atoms. The van der Waals surface area contributed by atoms with Gasteiger partial charge in [-0.15, -0.1) is 0 Å². The van der Waals surface area contributed by atoms with E-state index >= 15 is 0 Å². The molecule has 1 aliphatic rings. The maximum Gasteiger partial charge on any atom is 0.125 e. The first-order valence-electron chi connectivity index (χ1n) is 7.15. The lowest BCUT2D eigenvalue weighted by molar-refractivity contribution is -0.0729. The molecule has 0 atom stereocenters. The van der Waals surface area contributed by atoms with E-state index in [1.807, 2.05) is 17.3 Å². The van der Waals surface area contributed by atoms with Gasteiger partial charge < -0.3 is 4.84 Å². The molecule has 0 aliphatic carbocycles. The Bertz CT molecular complexity index is 513. The summed E-state index contributed by atoms with van der Waals surface area (Å²) < 4.78 is 0. The molecule has 106 valence electrons. The Morgan fingerprint density at radius 1 is 1.25 bits per heavy atom. The molecule has 1 heterocycles. The van der Waals surface area contributed by atoms with Crippen LogP contribution in [0.2, 0.25) is 0 Å². The van der Waals surface area contributed by atoms with Gasteiger partial charge in [-0.25, -0.2) is 5.06 Å². The Labute approximate surface area is 122 Å². The van der Waals surface area contributed by atoms with E-state index in [0.29, 0.717) is 0 Å². The summed E-state index contributed by atoms with van der Waals surface area (Å²) in [5.74, 6) is 0.833. The molecule has 2 rings (SSSR count). The third-order valence-electron chi connectivity index (χ3n) is 3.24. The van der Waals surface area contributed by atoms with Crippen molar-refractivity contribution in [1.29, 1.82) is 0 Å². The van der Waals surface area contributed by atoms with Crippen LogP contribution in [0, 0.1) is 0 Å². The van der Waals surface area contributed by atoms with Crippen molar-refractivity contribution in [3.8, 4) is 0 Å². The van der Waals surface area contributed by atoms with Crippen molar-refractivity contribution < 1.29 is 4.84 Å². The van der Waals surface area contributed by atoms with E-state index in [-0.39, 0.29) is 0 Å². The van der Waals surface area contributed by atoms with E-state index in [0.717, 1.165) is 31.6 Å². The minimum atomic E-state index is 0.815. The largest absolute Gasteiger partial charge is 0.385 e. The normalized spacial score (nSPS) is 14.6. The first kappa shape index (κ1) is 14.4. The summed E-state index contributed by atoms with van der Waals surface area (Å²) in [5, 5.41) is 1.87. The lowest BCUT2D eigenvalue weighted by atomic mass is 10.1. The lowest BCUT2D eigenvalue weighted by Gasteiger charge is -2.25. The lowest BCUT2D eigenvalue weighted by Crippen LogP contribution is -2.22. The van der Waals surface area contributed by atoms with Crippen LogP contribution < -0.4 is 0 Å². The van der Waals surface area contributed by atoms with Crippen LogP contribution in [0.1, 0.15) is 32.3 Å². The third-order valence-corrected chi connectivity index (χ3v) is 3.24. The van der Waals surface area contributed by atoms with Gasteiger partial charge in [0.05, 0.1) is 6.54 Å². The molecule has 0 radical (unpaired) electrons. The predicted molar refractivity (Wildman–Crippen MR) is 83.8 cm³/mol. The second-order valence-electron chi connectivity index (χ2n) is 5.41. The van der Waals surface area contributed by atoms with Crippen molar-refractivity contribution >= 4 is 0 Å². The number of nitrogens with zero attached hydrogens (tertiary/aromatic N) is 1. The summed E-state index contributed by atoms with van der Waals surface area (Å²) in [7, 11) is 0. The van der Waals surface area contributed by atoms with Crippen LogP contribution in [-0.4, -0.2) is 11.6 Å². The smallest absolute Gasteiger partial charge is 0.125 e. The topological polar surface area (TPSA) is 12.5 Å². The number of benzene rings is 1. The minimum absolute atomic E-state index is 0.815. The summed E-state index contributed by atoms with van der Waals surface area (Å²) in [6.45, 7) is 9.03. The fourth-order valence-electron chi connectivity index (χ4n) is 2.39. The first-order chi connectivity index (χ1) is 9.63. The minimum Gasteiger partial charge on any atom is -0.385 e. The fourth-order valence-corrected chi connectivity index (χ4v) is 2.39. The van der Waals surface area contributed by atoms with Crippen LogP contribution in [0.4, 0.5) is 0 Å². The molecule has 1 aromatic rings. The molecular weight excluding hydrogens is 246 g/mol. The molecule has 0 unspecified atom stereocenters. The van der Waals surface area contributed by atoms with Gasteiger partial charge in [-0.2, -0.15) is 0 Å². The van der Waals surface area contributed by atoms with E-state index < -0.39 is 0 Å². The molecule has 1 aromatic carbocycles. The van der Waals surface area contributed by atoms with Gasteiger partial charge in [0.2, 0.25) is 0 Å². The second kappa shape index (κ2) is 6.99. The molecule has 0 amide bonds. The monoisotopic (exact) mass is 269 g/mol. The highest BCUT2D eigenvalue weighted by molar-refractivity contribution is 5.24. The number of hydrogen-bond donors (Lipinski definition) is 0. The maximum absolute atomic E-state index is 5.79. The molecule has 20 heavy (non-hydrogen) atoms. The first-order valence-corrected chi connectivity index (χ1v) is 7.15. The van der Waals surface area contributed by atoms with Crippen LogP contribution in [0.25, 0.3) is 0 Å². The van der Waals surface area contributed by atoms with E-state index in [2.05, 4.69) is 50.8 Å². The Balaban J connectivity index is 1.72. The quantitative estimate of drug-likeness (QED) is 0.699. The third kappa shape index (κ3) is 4.61. The van der Waals surface area contributed by atoms with Crippen LogP contribution in [0.3, 0.4) is 0 Å². The van der Waals surface area contributed by atoms with Crippen molar-refractivity contribution in [1.82, 2.24) is 5.06 Å². The summed E-state index contributed by atoms with van der Waals surface area (Å²) in [6.07, 6.45) is 7.22. The van der Waals surface area contributed by atoms with Crippen LogP contribution in [0.15, 0.2) is 66.1 Å². The van der Waals surface area contributed by atoms with Gasteiger partial charge in [0, 0.05) is 12.6 Å². The van der Waals surface area contributed by atoms with E-state index in [1.165, 1.54) is 16.7 Å². The molecule has 0 saturated carbocycles. The van der Waals surface area contributed by atoms with E-state index in [4.69, 9.17) is 4.84 Å². The Kier molecular flexibility index (Phi) is 5.05. The number of aryl methyl sites for hydroxylation is 1. The molecule has 0 fully saturated rings. The van der Waals surface area contributed by atoms with E-state index in [9.17, 15) is 0 Å². The van der Waals surface area contributed by atoms with Crippen molar-refractivity contribution in [2.24, 2.45) is 0 Å². The average molecular weight is 269 g/mol. The Hall–Kier alpha value is -1.96. The SMILES string of the molecule is C=C(CCCc1ccccc1)ON1C=C(C)C=C(C)C1. The van der Waals surface area contributed by atoms with Gasteiger partial charge in [0.15, 0.2) is 0 Å². The van der Waals surface area contributed by atoms with Gasteiger partial charge >= 0.3 is 0 Å².